The number of fused-ring (bicyclic) bond motifs is 1. The van der Waals surface area contributed by atoms with E-state index in [4.69, 9.17) is 9.47 Å². The number of rotatable bonds is 4. The highest BCUT2D eigenvalue weighted by atomic mass is 19.1. The number of urea groups is 1. The van der Waals surface area contributed by atoms with Gasteiger partial charge in [-0.15, -0.1) is 0 Å². The Kier molecular flexibility index (Phi) is 5.54. The fraction of sp³-hybridized carbons (Fsp3) is 0.381. The number of anilines is 1. The maximum atomic E-state index is 14.3. The Hall–Kier alpha value is -2.76. The van der Waals surface area contributed by atoms with Crippen molar-refractivity contribution in [1.29, 1.82) is 0 Å². The molecular weight excluding hydrogens is 347 g/mol. The van der Waals surface area contributed by atoms with E-state index in [-0.39, 0.29) is 17.5 Å². The van der Waals surface area contributed by atoms with Crippen molar-refractivity contribution in [3.8, 4) is 11.5 Å². The number of nitrogens with one attached hydrogen (secondary N) is 1. The van der Waals surface area contributed by atoms with Crippen LogP contribution in [0.15, 0.2) is 30.3 Å². The average Bonchev–Trinajstić information content (AvgIpc) is 2.67. The fourth-order valence-electron chi connectivity index (χ4n) is 3.50. The molecule has 0 saturated heterocycles. The number of nitrogens with zero attached hydrogens (tertiary/aromatic N) is 1. The van der Waals surface area contributed by atoms with Gasteiger partial charge in [0, 0.05) is 25.2 Å². The zero-order valence-corrected chi connectivity index (χ0v) is 16.1. The number of halogens is 1. The molecule has 1 aliphatic heterocycles. The molecule has 2 amide bonds. The van der Waals surface area contributed by atoms with Crippen molar-refractivity contribution in [2.75, 3.05) is 26.1 Å². The molecule has 0 unspecified atom stereocenters. The molecule has 0 saturated carbocycles. The summed E-state index contributed by atoms with van der Waals surface area (Å²) in [5.74, 6) is 0.516. The molecular formula is C21H25FN2O3. The van der Waals surface area contributed by atoms with Crippen LogP contribution < -0.4 is 14.8 Å². The van der Waals surface area contributed by atoms with Crippen LogP contribution in [0.1, 0.15) is 36.5 Å². The molecule has 0 spiro atoms. The summed E-state index contributed by atoms with van der Waals surface area (Å²) in [5, 5.41) is 2.65. The van der Waals surface area contributed by atoms with Gasteiger partial charge in [0.15, 0.2) is 17.3 Å². The fourth-order valence-corrected chi connectivity index (χ4v) is 3.50. The van der Waals surface area contributed by atoms with Crippen molar-refractivity contribution in [3.63, 3.8) is 0 Å². The van der Waals surface area contributed by atoms with Gasteiger partial charge in [0.1, 0.15) is 0 Å². The Morgan fingerprint density at radius 1 is 1.19 bits per heavy atom. The van der Waals surface area contributed by atoms with Gasteiger partial charge in [0.25, 0.3) is 0 Å². The average molecular weight is 372 g/mol. The molecule has 0 aliphatic carbocycles. The summed E-state index contributed by atoms with van der Waals surface area (Å²) in [5.41, 5.74) is 3.88. The van der Waals surface area contributed by atoms with Crippen LogP contribution in [0, 0.1) is 5.82 Å². The maximum absolute atomic E-state index is 14.3. The monoisotopic (exact) mass is 372 g/mol. The third-order valence-corrected chi connectivity index (χ3v) is 4.93. The summed E-state index contributed by atoms with van der Waals surface area (Å²) >= 11 is 0. The first-order valence-corrected chi connectivity index (χ1v) is 9.02. The molecule has 1 aliphatic rings. The van der Waals surface area contributed by atoms with E-state index < -0.39 is 5.82 Å². The van der Waals surface area contributed by atoms with Gasteiger partial charge in [0.05, 0.1) is 19.9 Å². The number of methoxy groups -OCH3 is 2. The van der Waals surface area contributed by atoms with Crippen molar-refractivity contribution in [2.45, 2.75) is 32.7 Å². The van der Waals surface area contributed by atoms with Crippen molar-refractivity contribution in [1.82, 2.24) is 4.90 Å². The predicted octanol–water partition coefficient (Wildman–Crippen LogP) is 4.56. The smallest absolute Gasteiger partial charge is 0.322 e. The van der Waals surface area contributed by atoms with Gasteiger partial charge in [-0.3, -0.25) is 0 Å². The molecule has 6 heteroatoms. The Morgan fingerprint density at radius 2 is 1.89 bits per heavy atom. The van der Waals surface area contributed by atoms with Crippen molar-refractivity contribution in [2.24, 2.45) is 0 Å². The van der Waals surface area contributed by atoms with E-state index in [0.29, 0.717) is 24.8 Å². The molecule has 3 rings (SSSR count). The van der Waals surface area contributed by atoms with E-state index in [2.05, 4.69) is 31.3 Å². The van der Waals surface area contributed by atoms with Crippen LogP contribution in [0.25, 0.3) is 0 Å². The quantitative estimate of drug-likeness (QED) is 0.856. The Morgan fingerprint density at radius 3 is 2.56 bits per heavy atom. The minimum absolute atomic E-state index is 0.0689. The molecule has 1 heterocycles. The van der Waals surface area contributed by atoms with Gasteiger partial charge in [-0.25, -0.2) is 9.18 Å². The lowest BCUT2D eigenvalue weighted by Crippen LogP contribution is -2.39. The first-order valence-electron chi connectivity index (χ1n) is 9.02. The van der Waals surface area contributed by atoms with Crippen LogP contribution in [0.2, 0.25) is 0 Å². The SMILES string of the molecule is COc1cc(F)c(NC(=O)N2CCc3c(cccc3C(C)C)C2)cc1OC. The van der Waals surface area contributed by atoms with Crippen LogP contribution >= 0.6 is 0 Å². The lowest BCUT2D eigenvalue weighted by atomic mass is 9.89. The number of hydrogen-bond acceptors (Lipinski definition) is 3. The van der Waals surface area contributed by atoms with E-state index in [1.54, 1.807) is 4.90 Å². The summed E-state index contributed by atoms with van der Waals surface area (Å²) in [4.78, 5) is 14.4. The molecule has 0 fully saturated rings. The van der Waals surface area contributed by atoms with E-state index in [1.165, 1.54) is 37.5 Å². The number of carbonyl (C=O) groups excluding carboxylic acids is 1. The van der Waals surface area contributed by atoms with Crippen molar-refractivity contribution in [3.05, 3.63) is 52.8 Å². The first-order chi connectivity index (χ1) is 12.9. The Labute approximate surface area is 159 Å². The molecule has 1 N–H and O–H groups in total. The van der Waals surface area contributed by atoms with Gasteiger partial charge >= 0.3 is 6.03 Å². The lowest BCUT2D eigenvalue weighted by molar-refractivity contribution is 0.206. The van der Waals surface area contributed by atoms with Gasteiger partial charge < -0.3 is 19.7 Å². The van der Waals surface area contributed by atoms with Crippen molar-refractivity contribution >= 4 is 11.7 Å². The molecule has 0 atom stereocenters. The van der Waals surface area contributed by atoms with E-state index in [1.807, 2.05) is 6.07 Å². The van der Waals surface area contributed by atoms with E-state index >= 15 is 0 Å². The van der Waals surface area contributed by atoms with Crippen LogP contribution in [0.3, 0.4) is 0 Å². The summed E-state index contributed by atoms with van der Waals surface area (Å²) in [6.07, 6.45) is 0.797. The maximum Gasteiger partial charge on any atom is 0.322 e. The molecule has 0 bridgehead atoms. The topological polar surface area (TPSA) is 50.8 Å². The molecule has 0 aromatic heterocycles. The number of hydrogen-bond donors (Lipinski definition) is 1. The molecule has 0 radical (unpaired) electrons. The van der Waals surface area contributed by atoms with Crippen LogP contribution in [0.5, 0.6) is 11.5 Å². The number of amides is 2. The van der Waals surface area contributed by atoms with Crippen LogP contribution in [-0.4, -0.2) is 31.7 Å². The zero-order chi connectivity index (χ0) is 19.6. The molecule has 2 aromatic rings. The number of ether oxygens (including phenoxy) is 2. The minimum atomic E-state index is -0.569. The predicted molar refractivity (Wildman–Crippen MR) is 103 cm³/mol. The van der Waals surface area contributed by atoms with E-state index in [9.17, 15) is 9.18 Å². The first kappa shape index (κ1) is 19.0. The zero-order valence-electron chi connectivity index (χ0n) is 16.1. The summed E-state index contributed by atoms with van der Waals surface area (Å²) < 4.78 is 24.6. The summed E-state index contributed by atoms with van der Waals surface area (Å²) in [7, 11) is 2.90. The normalized spacial score (nSPS) is 13.3. The number of benzene rings is 2. The largest absolute Gasteiger partial charge is 0.493 e. The minimum Gasteiger partial charge on any atom is -0.493 e. The molecule has 2 aromatic carbocycles. The van der Waals surface area contributed by atoms with Gasteiger partial charge in [-0.05, 0) is 29.0 Å². The van der Waals surface area contributed by atoms with Gasteiger partial charge in [-0.1, -0.05) is 32.0 Å². The third-order valence-electron chi connectivity index (χ3n) is 4.93. The molecule has 27 heavy (non-hydrogen) atoms. The highest BCUT2D eigenvalue weighted by Gasteiger charge is 2.24. The van der Waals surface area contributed by atoms with E-state index in [0.717, 1.165) is 12.0 Å². The second kappa shape index (κ2) is 7.86. The second-order valence-electron chi connectivity index (χ2n) is 6.93. The second-order valence-corrected chi connectivity index (χ2v) is 6.93. The summed E-state index contributed by atoms with van der Waals surface area (Å²) in [6.45, 7) is 5.46. The Balaban J connectivity index is 1.78. The van der Waals surface area contributed by atoms with Crippen LogP contribution in [0.4, 0.5) is 14.9 Å². The van der Waals surface area contributed by atoms with Gasteiger partial charge in [0.2, 0.25) is 0 Å². The Bertz CT molecular complexity index is 852. The molecule has 144 valence electrons. The van der Waals surface area contributed by atoms with Crippen LogP contribution in [-0.2, 0) is 13.0 Å². The number of carbonyl (C=O) groups is 1. The standard InChI is InChI=1S/C21H25FN2O3/c1-13(2)15-7-5-6-14-12-24(9-8-16(14)15)21(25)23-18-11-20(27-4)19(26-3)10-17(18)22/h5-7,10-11,13H,8-9,12H2,1-4H3,(H,23,25). The molecule has 5 nitrogen and oxygen atoms in total. The highest BCUT2D eigenvalue weighted by Crippen LogP contribution is 2.33. The lowest BCUT2D eigenvalue weighted by Gasteiger charge is -2.31. The summed E-state index contributed by atoms with van der Waals surface area (Å²) in [6, 6.07) is 8.54. The highest BCUT2D eigenvalue weighted by molar-refractivity contribution is 5.90. The third kappa shape index (κ3) is 3.84. The van der Waals surface area contributed by atoms with Gasteiger partial charge in [-0.2, -0.15) is 0 Å². The van der Waals surface area contributed by atoms with Crippen molar-refractivity contribution < 1.29 is 18.7 Å².